The largest absolute Gasteiger partial charge is 0.494 e. The lowest BCUT2D eigenvalue weighted by Crippen LogP contribution is -2.07. The van der Waals surface area contributed by atoms with E-state index in [9.17, 15) is 0 Å². The molecule has 0 saturated carbocycles. The van der Waals surface area contributed by atoms with E-state index in [0.29, 0.717) is 24.3 Å². The van der Waals surface area contributed by atoms with Crippen LogP contribution in [0.25, 0.3) is 0 Å². The second-order valence-corrected chi connectivity index (χ2v) is 7.05. The summed E-state index contributed by atoms with van der Waals surface area (Å²) in [7, 11) is 0. The molecule has 5 nitrogen and oxygen atoms in total. The van der Waals surface area contributed by atoms with Crippen molar-refractivity contribution in [3.8, 4) is 23.6 Å². The van der Waals surface area contributed by atoms with Crippen LogP contribution in [0.1, 0.15) is 29.5 Å². The van der Waals surface area contributed by atoms with Crippen LogP contribution in [0.4, 0.5) is 5.69 Å². The monoisotopic (exact) mass is 411 g/mol. The second-order valence-electron chi connectivity index (χ2n) is 7.05. The van der Waals surface area contributed by atoms with Gasteiger partial charge in [0.25, 0.3) is 0 Å². The summed E-state index contributed by atoms with van der Waals surface area (Å²) in [6.45, 7) is 2.09. The molecule has 0 aliphatic heterocycles. The average molecular weight is 412 g/mol. The highest BCUT2D eigenvalue weighted by atomic mass is 16.5. The van der Waals surface area contributed by atoms with Gasteiger partial charge in [-0.15, -0.1) is 0 Å². The van der Waals surface area contributed by atoms with E-state index in [1.54, 1.807) is 24.3 Å². The molecule has 0 heterocycles. The van der Waals surface area contributed by atoms with Gasteiger partial charge < -0.3 is 14.8 Å². The average Bonchev–Trinajstić information content (AvgIpc) is 2.83. The number of hydrogen-bond acceptors (Lipinski definition) is 5. The Hall–Kier alpha value is -3.96. The van der Waals surface area contributed by atoms with Crippen LogP contribution in [0.5, 0.6) is 11.5 Å². The summed E-state index contributed by atoms with van der Waals surface area (Å²) in [5, 5.41) is 21.0. The van der Waals surface area contributed by atoms with Gasteiger partial charge in [0, 0.05) is 12.2 Å². The first-order valence-corrected chi connectivity index (χ1v) is 10.4. The zero-order valence-corrected chi connectivity index (χ0v) is 17.4. The third-order valence-corrected chi connectivity index (χ3v) is 4.72. The molecule has 0 aromatic heterocycles. The van der Waals surface area contributed by atoms with Gasteiger partial charge >= 0.3 is 0 Å². The predicted molar refractivity (Wildman–Crippen MR) is 121 cm³/mol. The fourth-order valence-electron chi connectivity index (χ4n) is 3.00. The Bertz CT molecular complexity index is 1010. The third kappa shape index (κ3) is 7.42. The molecular weight excluding hydrogens is 386 g/mol. The molecule has 3 aromatic carbocycles. The molecule has 0 unspecified atom stereocenters. The number of ether oxygens (including phenoxy) is 2. The van der Waals surface area contributed by atoms with Crippen LogP contribution in [-0.4, -0.2) is 19.8 Å². The fraction of sp³-hybridized carbons (Fsp3) is 0.231. The number of nitrogens with one attached hydrogen (secondary N) is 1. The first-order valence-electron chi connectivity index (χ1n) is 10.4. The molecule has 0 aliphatic rings. The van der Waals surface area contributed by atoms with Crippen LogP contribution in [0.15, 0.2) is 72.8 Å². The molecule has 0 saturated heterocycles. The van der Waals surface area contributed by atoms with Gasteiger partial charge in [0.15, 0.2) is 0 Å². The van der Waals surface area contributed by atoms with Crippen molar-refractivity contribution in [1.29, 1.82) is 10.5 Å². The number of anilines is 1. The van der Waals surface area contributed by atoms with Gasteiger partial charge in [-0.3, -0.25) is 0 Å². The first kappa shape index (κ1) is 21.7. The summed E-state index contributed by atoms with van der Waals surface area (Å²) in [6.07, 6.45) is 2.77. The van der Waals surface area contributed by atoms with Gasteiger partial charge in [0.2, 0.25) is 0 Å². The molecule has 0 bridgehead atoms. The number of hydrogen-bond donors (Lipinski definition) is 1. The van der Waals surface area contributed by atoms with Crippen LogP contribution < -0.4 is 14.8 Å². The summed E-state index contributed by atoms with van der Waals surface area (Å²) in [5.74, 6) is 1.58. The fourth-order valence-corrected chi connectivity index (χ4v) is 3.00. The van der Waals surface area contributed by atoms with Crippen LogP contribution in [0.3, 0.4) is 0 Å². The Morgan fingerprint density at radius 1 is 0.645 bits per heavy atom. The summed E-state index contributed by atoms with van der Waals surface area (Å²) < 4.78 is 11.4. The minimum atomic E-state index is 0.621. The van der Waals surface area contributed by atoms with Crippen molar-refractivity contribution >= 4 is 5.69 Å². The van der Waals surface area contributed by atoms with Crippen LogP contribution in [0, 0.1) is 22.7 Å². The molecule has 156 valence electrons. The van der Waals surface area contributed by atoms with Gasteiger partial charge in [-0.2, -0.15) is 10.5 Å². The van der Waals surface area contributed by atoms with E-state index in [1.807, 2.05) is 24.3 Å². The highest BCUT2D eigenvalue weighted by Crippen LogP contribution is 2.15. The van der Waals surface area contributed by atoms with Gasteiger partial charge in [0.05, 0.1) is 36.5 Å². The molecule has 0 radical (unpaired) electrons. The van der Waals surface area contributed by atoms with Crippen molar-refractivity contribution in [2.24, 2.45) is 0 Å². The van der Waals surface area contributed by atoms with Crippen molar-refractivity contribution < 1.29 is 9.47 Å². The van der Waals surface area contributed by atoms with Gasteiger partial charge in [-0.05, 0) is 85.5 Å². The maximum atomic E-state index is 8.81. The van der Waals surface area contributed by atoms with Crippen molar-refractivity contribution in [2.75, 3.05) is 25.1 Å². The van der Waals surface area contributed by atoms with Crippen LogP contribution >= 0.6 is 0 Å². The van der Waals surface area contributed by atoms with E-state index in [4.69, 9.17) is 20.0 Å². The van der Waals surface area contributed by atoms with E-state index < -0.39 is 0 Å². The number of nitrogens with zero attached hydrogens (tertiary/aromatic N) is 2. The maximum absolute atomic E-state index is 8.81. The third-order valence-electron chi connectivity index (χ3n) is 4.72. The van der Waals surface area contributed by atoms with E-state index in [0.717, 1.165) is 43.0 Å². The molecule has 0 atom stereocenters. The summed E-state index contributed by atoms with van der Waals surface area (Å²) in [4.78, 5) is 0. The van der Waals surface area contributed by atoms with Gasteiger partial charge in [-0.1, -0.05) is 12.1 Å². The van der Waals surface area contributed by atoms with E-state index in [2.05, 4.69) is 41.7 Å². The molecule has 0 aliphatic carbocycles. The first-order chi connectivity index (χ1) is 15.3. The lowest BCUT2D eigenvalue weighted by molar-refractivity contribution is 0.311. The molecule has 31 heavy (non-hydrogen) atoms. The minimum Gasteiger partial charge on any atom is -0.494 e. The zero-order valence-electron chi connectivity index (χ0n) is 17.4. The number of rotatable bonds is 11. The van der Waals surface area contributed by atoms with Crippen LogP contribution in [-0.2, 0) is 6.42 Å². The standard InChI is InChI=1S/C26H25N3O2/c27-19-22-6-12-25(13-7-22)30-17-1-3-21-4-10-24(11-5-21)29-16-2-18-31-26-14-8-23(20-28)9-15-26/h4-15,29H,1-3,16-18H2. The highest BCUT2D eigenvalue weighted by molar-refractivity contribution is 5.44. The Morgan fingerprint density at radius 3 is 1.68 bits per heavy atom. The van der Waals surface area contributed by atoms with Crippen molar-refractivity contribution in [3.05, 3.63) is 89.5 Å². The molecule has 0 spiro atoms. The SMILES string of the molecule is N#Cc1ccc(OCCCNc2ccc(CCCOc3ccc(C#N)cc3)cc2)cc1. The Labute approximate surface area is 183 Å². The Balaban J connectivity index is 1.28. The van der Waals surface area contributed by atoms with E-state index in [1.165, 1.54) is 5.56 Å². The smallest absolute Gasteiger partial charge is 0.119 e. The lowest BCUT2D eigenvalue weighted by atomic mass is 10.1. The summed E-state index contributed by atoms with van der Waals surface area (Å²) in [6, 6.07) is 27.0. The number of nitriles is 2. The summed E-state index contributed by atoms with van der Waals surface area (Å²) in [5.41, 5.74) is 3.64. The van der Waals surface area contributed by atoms with Gasteiger partial charge in [0.1, 0.15) is 11.5 Å². The zero-order chi connectivity index (χ0) is 21.7. The molecule has 3 rings (SSSR count). The second kappa shape index (κ2) is 11.9. The summed E-state index contributed by atoms with van der Waals surface area (Å²) >= 11 is 0. The quantitative estimate of drug-likeness (QED) is 0.432. The van der Waals surface area contributed by atoms with Crippen molar-refractivity contribution in [2.45, 2.75) is 19.3 Å². The Morgan fingerprint density at radius 2 is 1.16 bits per heavy atom. The van der Waals surface area contributed by atoms with Crippen molar-refractivity contribution in [3.63, 3.8) is 0 Å². The van der Waals surface area contributed by atoms with E-state index in [-0.39, 0.29) is 0 Å². The lowest BCUT2D eigenvalue weighted by Gasteiger charge is -2.09. The molecule has 3 aromatic rings. The predicted octanol–water partition coefficient (Wildman–Crippen LogP) is 5.32. The number of aryl methyl sites for hydroxylation is 1. The molecule has 0 fully saturated rings. The molecule has 1 N–H and O–H groups in total. The molecule has 0 amide bonds. The van der Waals surface area contributed by atoms with Gasteiger partial charge in [-0.25, -0.2) is 0 Å². The van der Waals surface area contributed by atoms with Crippen molar-refractivity contribution in [1.82, 2.24) is 0 Å². The van der Waals surface area contributed by atoms with Crippen LogP contribution in [0.2, 0.25) is 0 Å². The maximum Gasteiger partial charge on any atom is 0.119 e. The highest BCUT2D eigenvalue weighted by Gasteiger charge is 1.99. The molecule has 5 heteroatoms. The normalized spacial score (nSPS) is 10.0. The minimum absolute atomic E-state index is 0.621. The van der Waals surface area contributed by atoms with E-state index >= 15 is 0 Å². The number of benzene rings is 3. The molecular formula is C26H25N3O2. The topological polar surface area (TPSA) is 78.1 Å². The Kier molecular flexibility index (Phi) is 8.35.